The number of aryl methyl sites for hydroxylation is 2. The second-order valence-corrected chi connectivity index (χ2v) is 4.83. The molecule has 2 rings (SSSR count). The van der Waals surface area contributed by atoms with Crippen molar-refractivity contribution in [3.63, 3.8) is 0 Å². The number of rotatable bonds is 5. The van der Waals surface area contributed by atoms with E-state index in [1.807, 2.05) is 0 Å². The van der Waals surface area contributed by atoms with Gasteiger partial charge in [-0.15, -0.1) is 0 Å². The van der Waals surface area contributed by atoms with Crippen molar-refractivity contribution in [3.05, 3.63) is 34.9 Å². The third-order valence-corrected chi connectivity index (χ3v) is 3.40. The summed E-state index contributed by atoms with van der Waals surface area (Å²) in [4.78, 5) is 2.22. The largest absolute Gasteiger partial charge is 0.286 e. The van der Waals surface area contributed by atoms with Crippen molar-refractivity contribution >= 4 is 0 Å². The van der Waals surface area contributed by atoms with Crippen molar-refractivity contribution in [2.24, 2.45) is 0 Å². The first kappa shape index (κ1) is 12.1. The Morgan fingerprint density at radius 3 is 2.88 bits per heavy atom. The summed E-state index contributed by atoms with van der Waals surface area (Å²) in [6.07, 6.45) is 4.88. The highest BCUT2D eigenvalue weighted by Gasteiger charge is 2.12. The maximum Gasteiger partial charge on any atom is 0.0868 e. The zero-order valence-corrected chi connectivity index (χ0v) is 10.6. The fourth-order valence-electron chi connectivity index (χ4n) is 2.61. The van der Waals surface area contributed by atoms with Crippen LogP contribution in [-0.4, -0.2) is 18.0 Å². The van der Waals surface area contributed by atoms with Crippen LogP contribution in [0.1, 0.15) is 36.5 Å². The maximum atomic E-state index is 8.80. The van der Waals surface area contributed by atoms with Crippen molar-refractivity contribution in [1.82, 2.24) is 4.90 Å². The molecule has 0 saturated heterocycles. The minimum atomic E-state index is 0.533. The number of fused-ring (bicyclic) bond motifs is 1. The molecule has 0 aromatic heterocycles. The first-order valence-electron chi connectivity index (χ1n) is 6.53. The lowest BCUT2D eigenvalue weighted by atomic mass is 10.1. The van der Waals surface area contributed by atoms with Crippen molar-refractivity contribution in [2.75, 3.05) is 13.1 Å². The molecule has 1 aromatic rings. The molecule has 0 radical (unpaired) electrons. The molecule has 0 aliphatic heterocycles. The topological polar surface area (TPSA) is 27.0 Å². The smallest absolute Gasteiger partial charge is 0.0868 e. The molecule has 17 heavy (non-hydrogen) atoms. The molecule has 2 heteroatoms. The van der Waals surface area contributed by atoms with E-state index in [0.717, 1.165) is 19.5 Å². The van der Waals surface area contributed by atoms with Crippen LogP contribution in [-0.2, 0) is 19.4 Å². The highest BCUT2D eigenvalue weighted by Crippen LogP contribution is 2.23. The highest BCUT2D eigenvalue weighted by atomic mass is 15.1. The molecule has 1 aliphatic rings. The molecular weight excluding hydrogens is 208 g/mol. The zero-order valence-electron chi connectivity index (χ0n) is 10.6. The molecule has 0 N–H and O–H groups in total. The molecule has 0 unspecified atom stereocenters. The Labute approximate surface area is 104 Å². The van der Waals surface area contributed by atoms with Gasteiger partial charge in [-0.3, -0.25) is 4.90 Å². The lowest BCUT2D eigenvalue weighted by Crippen LogP contribution is -2.24. The van der Waals surface area contributed by atoms with Gasteiger partial charge in [-0.05, 0) is 48.9 Å². The van der Waals surface area contributed by atoms with E-state index in [9.17, 15) is 0 Å². The fraction of sp³-hybridized carbons (Fsp3) is 0.533. The van der Waals surface area contributed by atoms with E-state index in [1.54, 1.807) is 0 Å². The molecule has 2 nitrogen and oxygen atoms in total. The van der Waals surface area contributed by atoms with Crippen molar-refractivity contribution in [2.45, 2.75) is 39.2 Å². The van der Waals surface area contributed by atoms with Gasteiger partial charge in [0.05, 0.1) is 12.6 Å². The van der Waals surface area contributed by atoms with Gasteiger partial charge < -0.3 is 0 Å². The first-order valence-corrected chi connectivity index (χ1v) is 6.53. The molecule has 0 fully saturated rings. The van der Waals surface area contributed by atoms with Crippen LogP contribution in [0.4, 0.5) is 0 Å². The molecular formula is C15H20N2. The van der Waals surface area contributed by atoms with E-state index in [1.165, 1.54) is 36.0 Å². The summed E-state index contributed by atoms with van der Waals surface area (Å²) in [5, 5.41) is 8.80. The standard InChI is InChI=1S/C15H20N2/c1-2-9-17(10-8-16)12-13-6-7-14-4-3-5-15(14)11-13/h6-7,11H,2-5,9-10,12H2,1H3. The van der Waals surface area contributed by atoms with Crippen LogP contribution in [0, 0.1) is 11.3 Å². The van der Waals surface area contributed by atoms with E-state index in [4.69, 9.17) is 5.26 Å². The van der Waals surface area contributed by atoms with Crippen molar-refractivity contribution < 1.29 is 0 Å². The van der Waals surface area contributed by atoms with Crippen molar-refractivity contribution in [3.8, 4) is 6.07 Å². The molecule has 1 aromatic carbocycles. The lowest BCUT2D eigenvalue weighted by molar-refractivity contribution is 0.298. The minimum absolute atomic E-state index is 0.533. The van der Waals surface area contributed by atoms with E-state index in [-0.39, 0.29) is 0 Å². The van der Waals surface area contributed by atoms with Crippen LogP contribution >= 0.6 is 0 Å². The van der Waals surface area contributed by atoms with Crippen LogP contribution < -0.4 is 0 Å². The SMILES string of the molecule is CCCN(CC#N)Cc1ccc2c(c1)CCC2. The summed E-state index contributed by atoms with van der Waals surface area (Å²) >= 11 is 0. The first-order chi connectivity index (χ1) is 8.33. The summed E-state index contributed by atoms with van der Waals surface area (Å²) in [6, 6.07) is 9.09. The normalized spacial score (nSPS) is 13.7. The van der Waals surface area contributed by atoms with Gasteiger partial charge in [0.15, 0.2) is 0 Å². The molecule has 0 saturated carbocycles. The quantitative estimate of drug-likeness (QED) is 0.725. The molecule has 0 atom stereocenters. The predicted molar refractivity (Wildman–Crippen MR) is 69.6 cm³/mol. The number of benzene rings is 1. The summed E-state index contributed by atoms with van der Waals surface area (Å²) in [5.41, 5.74) is 4.40. The van der Waals surface area contributed by atoms with Crippen LogP contribution in [0.15, 0.2) is 18.2 Å². The Hall–Kier alpha value is -1.33. The van der Waals surface area contributed by atoms with Gasteiger partial charge in [-0.2, -0.15) is 5.26 Å². The van der Waals surface area contributed by atoms with Crippen LogP contribution in [0.2, 0.25) is 0 Å². The molecule has 0 amide bonds. The van der Waals surface area contributed by atoms with Crippen molar-refractivity contribution in [1.29, 1.82) is 5.26 Å². The van der Waals surface area contributed by atoms with Gasteiger partial charge in [-0.1, -0.05) is 25.1 Å². The summed E-state index contributed by atoms with van der Waals surface area (Å²) in [5.74, 6) is 0. The molecule has 0 heterocycles. The van der Waals surface area contributed by atoms with E-state index in [2.05, 4.69) is 36.1 Å². The van der Waals surface area contributed by atoms with Crippen LogP contribution in [0.5, 0.6) is 0 Å². The van der Waals surface area contributed by atoms with Gasteiger partial charge in [0.2, 0.25) is 0 Å². The van der Waals surface area contributed by atoms with E-state index >= 15 is 0 Å². The van der Waals surface area contributed by atoms with Gasteiger partial charge in [-0.25, -0.2) is 0 Å². The summed E-state index contributed by atoms with van der Waals surface area (Å²) < 4.78 is 0. The minimum Gasteiger partial charge on any atom is -0.286 e. The Bertz CT molecular complexity index is 417. The van der Waals surface area contributed by atoms with Crippen LogP contribution in [0.25, 0.3) is 0 Å². The van der Waals surface area contributed by atoms with Gasteiger partial charge in [0, 0.05) is 6.54 Å². The Morgan fingerprint density at radius 1 is 1.29 bits per heavy atom. The molecule has 90 valence electrons. The van der Waals surface area contributed by atoms with E-state index in [0.29, 0.717) is 6.54 Å². The summed E-state index contributed by atoms with van der Waals surface area (Å²) in [7, 11) is 0. The second-order valence-electron chi connectivity index (χ2n) is 4.83. The van der Waals surface area contributed by atoms with Crippen LogP contribution in [0.3, 0.4) is 0 Å². The number of hydrogen-bond acceptors (Lipinski definition) is 2. The highest BCUT2D eigenvalue weighted by molar-refractivity contribution is 5.35. The van der Waals surface area contributed by atoms with Gasteiger partial charge in [0.1, 0.15) is 0 Å². The molecule has 0 bridgehead atoms. The van der Waals surface area contributed by atoms with Gasteiger partial charge in [0.25, 0.3) is 0 Å². The maximum absolute atomic E-state index is 8.80. The summed E-state index contributed by atoms with van der Waals surface area (Å²) in [6.45, 7) is 4.61. The number of nitrogens with zero attached hydrogens (tertiary/aromatic N) is 2. The lowest BCUT2D eigenvalue weighted by Gasteiger charge is -2.18. The average molecular weight is 228 g/mol. The Morgan fingerprint density at radius 2 is 2.12 bits per heavy atom. The van der Waals surface area contributed by atoms with E-state index < -0.39 is 0 Å². The fourth-order valence-corrected chi connectivity index (χ4v) is 2.61. The Balaban J connectivity index is 2.04. The molecule has 0 spiro atoms. The number of nitriles is 1. The monoisotopic (exact) mass is 228 g/mol. The third-order valence-electron chi connectivity index (χ3n) is 3.40. The average Bonchev–Trinajstić information content (AvgIpc) is 2.77. The number of hydrogen-bond donors (Lipinski definition) is 0. The third kappa shape index (κ3) is 3.08. The second kappa shape index (κ2) is 5.84. The molecule has 1 aliphatic carbocycles. The zero-order chi connectivity index (χ0) is 12.1. The Kier molecular flexibility index (Phi) is 4.17. The predicted octanol–water partition coefficient (Wildman–Crippen LogP) is 2.91. The van der Waals surface area contributed by atoms with Gasteiger partial charge >= 0.3 is 0 Å².